The maximum atomic E-state index is 12.7. The SMILES string of the molecule is CN1CCN(C(=O)c2ccc3c(=O)n4c(nc3c2)CCCC4)CC1. The molecule has 0 unspecified atom stereocenters. The highest BCUT2D eigenvalue weighted by Crippen LogP contribution is 2.17. The molecule has 0 atom stereocenters. The summed E-state index contributed by atoms with van der Waals surface area (Å²) < 4.78 is 1.79. The van der Waals surface area contributed by atoms with Crippen molar-refractivity contribution < 1.29 is 4.79 Å². The number of carbonyl (C=O) groups is 1. The molecule has 0 radical (unpaired) electrons. The Morgan fingerprint density at radius 1 is 1.08 bits per heavy atom. The van der Waals surface area contributed by atoms with Crippen molar-refractivity contribution in [3.05, 3.63) is 39.9 Å². The third-order valence-corrected chi connectivity index (χ3v) is 5.10. The van der Waals surface area contributed by atoms with E-state index < -0.39 is 0 Å². The van der Waals surface area contributed by atoms with Crippen LogP contribution in [0.15, 0.2) is 23.0 Å². The Kier molecular flexibility index (Phi) is 3.84. The number of likely N-dealkylation sites (N-methyl/N-ethyl adjacent to an activating group) is 1. The summed E-state index contributed by atoms with van der Waals surface area (Å²) in [6.07, 6.45) is 2.93. The molecule has 24 heavy (non-hydrogen) atoms. The monoisotopic (exact) mass is 326 g/mol. The molecule has 0 saturated carbocycles. The molecule has 0 aliphatic carbocycles. The van der Waals surface area contributed by atoms with Gasteiger partial charge in [0.15, 0.2) is 0 Å². The van der Waals surface area contributed by atoms with Crippen LogP contribution in [0, 0.1) is 0 Å². The number of hydrogen-bond acceptors (Lipinski definition) is 4. The van der Waals surface area contributed by atoms with Crippen LogP contribution in [0.1, 0.15) is 29.0 Å². The maximum Gasteiger partial charge on any atom is 0.261 e. The molecule has 1 aromatic heterocycles. The van der Waals surface area contributed by atoms with Gasteiger partial charge in [0.2, 0.25) is 0 Å². The predicted octanol–water partition coefficient (Wildman–Crippen LogP) is 1.12. The third-order valence-electron chi connectivity index (χ3n) is 5.10. The van der Waals surface area contributed by atoms with Crippen LogP contribution in [0.2, 0.25) is 0 Å². The Balaban J connectivity index is 1.70. The Hall–Kier alpha value is -2.21. The normalized spacial score (nSPS) is 18.6. The highest BCUT2D eigenvalue weighted by molar-refractivity contribution is 5.97. The minimum atomic E-state index is 0.0216. The van der Waals surface area contributed by atoms with E-state index in [0.717, 1.165) is 57.8 Å². The minimum absolute atomic E-state index is 0.0216. The summed E-state index contributed by atoms with van der Waals surface area (Å²) in [4.78, 5) is 34.1. The Labute approximate surface area is 140 Å². The van der Waals surface area contributed by atoms with E-state index in [0.29, 0.717) is 16.5 Å². The minimum Gasteiger partial charge on any atom is -0.336 e. The second-order valence-corrected chi connectivity index (χ2v) is 6.77. The zero-order valence-corrected chi connectivity index (χ0v) is 14.0. The summed E-state index contributed by atoms with van der Waals surface area (Å²) in [6, 6.07) is 5.31. The summed E-state index contributed by atoms with van der Waals surface area (Å²) in [6.45, 7) is 4.03. The van der Waals surface area contributed by atoms with Crippen LogP contribution in [-0.4, -0.2) is 58.5 Å². The van der Waals surface area contributed by atoms with Gasteiger partial charge in [-0.3, -0.25) is 14.2 Å². The van der Waals surface area contributed by atoms with Gasteiger partial charge in [-0.05, 0) is 38.1 Å². The number of aryl methyl sites for hydroxylation is 1. The van der Waals surface area contributed by atoms with Gasteiger partial charge in [-0.1, -0.05) is 0 Å². The van der Waals surface area contributed by atoms with Crippen LogP contribution < -0.4 is 5.56 Å². The largest absolute Gasteiger partial charge is 0.336 e. The molecular formula is C18H22N4O2. The van der Waals surface area contributed by atoms with Crippen LogP contribution in [0.4, 0.5) is 0 Å². The van der Waals surface area contributed by atoms with Crippen LogP contribution in [0.3, 0.4) is 0 Å². The number of benzene rings is 1. The number of fused-ring (bicyclic) bond motifs is 2. The van der Waals surface area contributed by atoms with Gasteiger partial charge < -0.3 is 9.80 Å². The summed E-state index contributed by atoms with van der Waals surface area (Å²) in [5, 5.41) is 0.607. The molecule has 1 saturated heterocycles. The van der Waals surface area contributed by atoms with Gasteiger partial charge in [-0.2, -0.15) is 0 Å². The Bertz CT molecular complexity index is 850. The molecule has 1 aromatic carbocycles. The van der Waals surface area contributed by atoms with E-state index in [1.807, 2.05) is 4.90 Å². The molecule has 1 fully saturated rings. The fourth-order valence-corrected chi connectivity index (χ4v) is 3.57. The van der Waals surface area contributed by atoms with E-state index in [-0.39, 0.29) is 11.5 Å². The lowest BCUT2D eigenvalue weighted by Gasteiger charge is -2.32. The number of hydrogen-bond donors (Lipinski definition) is 0. The zero-order valence-electron chi connectivity index (χ0n) is 14.0. The van der Waals surface area contributed by atoms with Crippen molar-refractivity contribution in [1.82, 2.24) is 19.4 Å². The van der Waals surface area contributed by atoms with Crippen molar-refractivity contribution >= 4 is 16.8 Å². The number of amides is 1. The Morgan fingerprint density at radius 2 is 1.88 bits per heavy atom. The van der Waals surface area contributed by atoms with Gasteiger partial charge in [-0.15, -0.1) is 0 Å². The molecule has 0 spiro atoms. The van der Waals surface area contributed by atoms with Crippen molar-refractivity contribution in [3.8, 4) is 0 Å². The average Bonchev–Trinajstić information content (AvgIpc) is 2.61. The standard InChI is InChI=1S/C18H22N4O2/c1-20-8-10-21(11-9-20)17(23)13-5-6-14-15(12-13)19-16-4-2-3-7-22(16)18(14)24/h5-6,12H,2-4,7-11H2,1H3. The van der Waals surface area contributed by atoms with E-state index in [2.05, 4.69) is 16.9 Å². The molecule has 0 bridgehead atoms. The highest BCUT2D eigenvalue weighted by atomic mass is 16.2. The lowest BCUT2D eigenvalue weighted by molar-refractivity contribution is 0.0664. The number of carbonyl (C=O) groups excluding carboxylic acids is 1. The molecule has 6 heteroatoms. The first-order valence-corrected chi connectivity index (χ1v) is 8.65. The molecule has 2 aromatic rings. The summed E-state index contributed by atoms with van der Waals surface area (Å²) >= 11 is 0. The molecule has 1 amide bonds. The predicted molar refractivity (Wildman–Crippen MR) is 92.3 cm³/mol. The molecular weight excluding hydrogens is 304 g/mol. The lowest BCUT2D eigenvalue weighted by Crippen LogP contribution is -2.47. The number of piperazine rings is 1. The van der Waals surface area contributed by atoms with Gasteiger partial charge >= 0.3 is 0 Å². The van der Waals surface area contributed by atoms with Crippen LogP contribution in [-0.2, 0) is 13.0 Å². The molecule has 0 N–H and O–H groups in total. The third kappa shape index (κ3) is 2.60. The van der Waals surface area contributed by atoms with Gasteiger partial charge in [-0.25, -0.2) is 4.98 Å². The summed E-state index contributed by atoms with van der Waals surface area (Å²) in [5.41, 5.74) is 1.29. The second-order valence-electron chi connectivity index (χ2n) is 6.77. The lowest BCUT2D eigenvalue weighted by atomic mass is 10.1. The van der Waals surface area contributed by atoms with E-state index in [4.69, 9.17) is 0 Å². The maximum absolute atomic E-state index is 12.7. The topological polar surface area (TPSA) is 58.4 Å². The van der Waals surface area contributed by atoms with E-state index in [1.54, 1.807) is 22.8 Å². The fourth-order valence-electron chi connectivity index (χ4n) is 3.57. The average molecular weight is 326 g/mol. The molecule has 4 rings (SSSR count). The van der Waals surface area contributed by atoms with Gasteiger partial charge in [0, 0.05) is 44.7 Å². The number of aromatic nitrogens is 2. The number of nitrogens with zero attached hydrogens (tertiary/aromatic N) is 4. The number of rotatable bonds is 1. The summed E-state index contributed by atoms with van der Waals surface area (Å²) in [5.74, 6) is 0.882. The summed E-state index contributed by atoms with van der Waals surface area (Å²) in [7, 11) is 2.07. The van der Waals surface area contributed by atoms with Crippen LogP contribution in [0.5, 0.6) is 0 Å². The Morgan fingerprint density at radius 3 is 2.67 bits per heavy atom. The molecule has 3 heterocycles. The van der Waals surface area contributed by atoms with E-state index in [1.165, 1.54) is 0 Å². The van der Waals surface area contributed by atoms with Crippen molar-refractivity contribution in [2.45, 2.75) is 25.8 Å². The van der Waals surface area contributed by atoms with E-state index in [9.17, 15) is 9.59 Å². The molecule has 126 valence electrons. The first-order chi connectivity index (χ1) is 11.6. The first-order valence-electron chi connectivity index (χ1n) is 8.65. The van der Waals surface area contributed by atoms with Crippen molar-refractivity contribution in [2.75, 3.05) is 33.2 Å². The fraction of sp³-hybridized carbons (Fsp3) is 0.500. The molecule has 6 nitrogen and oxygen atoms in total. The van der Waals surface area contributed by atoms with Gasteiger partial charge in [0.25, 0.3) is 11.5 Å². The van der Waals surface area contributed by atoms with Crippen molar-refractivity contribution in [2.24, 2.45) is 0 Å². The van der Waals surface area contributed by atoms with Crippen molar-refractivity contribution in [3.63, 3.8) is 0 Å². The zero-order chi connectivity index (χ0) is 16.7. The molecule has 2 aliphatic rings. The first kappa shape index (κ1) is 15.3. The van der Waals surface area contributed by atoms with Crippen LogP contribution in [0.25, 0.3) is 10.9 Å². The van der Waals surface area contributed by atoms with Gasteiger partial charge in [0.1, 0.15) is 5.82 Å². The highest BCUT2D eigenvalue weighted by Gasteiger charge is 2.21. The van der Waals surface area contributed by atoms with E-state index >= 15 is 0 Å². The van der Waals surface area contributed by atoms with Gasteiger partial charge in [0.05, 0.1) is 10.9 Å². The van der Waals surface area contributed by atoms with Crippen molar-refractivity contribution in [1.29, 1.82) is 0 Å². The molecule has 2 aliphatic heterocycles. The smallest absolute Gasteiger partial charge is 0.261 e. The second kappa shape index (κ2) is 6.02. The quantitative estimate of drug-likeness (QED) is 0.788. The van der Waals surface area contributed by atoms with Crippen LogP contribution >= 0.6 is 0 Å².